The first kappa shape index (κ1) is 14.6. The summed E-state index contributed by atoms with van der Waals surface area (Å²) in [5, 5.41) is 11.7. The molecule has 2 heterocycles. The Morgan fingerprint density at radius 2 is 2.30 bits per heavy atom. The fourth-order valence-corrected chi connectivity index (χ4v) is 2.67. The van der Waals surface area contributed by atoms with Crippen molar-refractivity contribution in [3.63, 3.8) is 0 Å². The molecule has 110 valence electrons. The molecule has 0 aliphatic carbocycles. The van der Waals surface area contributed by atoms with Crippen LogP contribution in [-0.4, -0.2) is 42.0 Å². The molecular weight excluding hydrogens is 260 g/mol. The zero-order chi connectivity index (χ0) is 14.7. The minimum Gasteiger partial charge on any atom is -0.478 e. The van der Waals surface area contributed by atoms with Crippen molar-refractivity contribution < 1.29 is 19.1 Å². The Balaban J connectivity index is 2.01. The number of aryl methyl sites for hydroxylation is 1. The largest absolute Gasteiger partial charge is 0.478 e. The molecule has 1 aliphatic heterocycles. The van der Waals surface area contributed by atoms with Crippen LogP contribution in [0, 0.1) is 12.8 Å². The highest BCUT2D eigenvalue weighted by Gasteiger charge is 2.26. The van der Waals surface area contributed by atoms with E-state index in [9.17, 15) is 9.59 Å². The molecule has 2 rings (SSSR count). The van der Waals surface area contributed by atoms with Crippen LogP contribution >= 0.6 is 0 Å². The van der Waals surface area contributed by atoms with E-state index in [1.54, 1.807) is 20.0 Å². The standard InChI is InChI=1S/C14H20N2O4/c1-9-12(14(18)19)6-11(20-9)8-16-5-3-4-10(7-16)13(17)15-2/h6,10H,3-5,7-8H2,1-2H3,(H,15,17)(H,18,19). The number of furan rings is 1. The van der Waals surface area contributed by atoms with Crippen molar-refractivity contribution in [2.24, 2.45) is 5.92 Å². The molecule has 0 radical (unpaired) electrons. The second kappa shape index (κ2) is 6.09. The highest BCUT2D eigenvalue weighted by Crippen LogP contribution is 2.21. The number of carbonyl (C=O) groups is 2. The quantitative estimate of drug-likeness (QED) is 0.867. The average molecular weight is 280 g/mol. The number of hydrogen-bond donors (Lipinski definition) is 2. The molecule has 1 aromatic heterocycles. The summed E-state index contributed by atoms with van der Waals surface area (Å²) in [5.41, 5.74) is 0.208. The van der Waals surface area contributed by atoms with Gasteiger partial charge in [-0.2, -0.15) is 0 Å². The van der Waals surface area contributed by atoms with Crippen LogP contribution in [0.2, 0.25) is 0 Å². The molecule has 6 heteroatoms. The molecule has 1 saturated heterocycles. The van der Waals surface area contributed by atoms with Gasteiger partial charge in [-0.3, -0.25) is 9.69 Å². The van der Waals surface area contributed by atoms with E-state index in [0.29, 0.717) is 24.6 Å². The first-order valence-electron chi connectivity index (χ1n) is 6.77. The van der Waals surface area contributed by atoms with Crippen molar-refractivity contribution in [2.45, 2.75) is 26.3 Å². The summed E-state index contributed by atoms with van der Waals surface area (Å²) in [7, 11) is 1.65. The molecule has 0 saturated carbocycles. The van der Waals surface area contributed by atoms with Crippen LogP contribution in [0.25, 0.3) is 0 Å². The number of rotatable bonds is 4. The Labute approximate surface area is 117 Å². The number of carbonyl (C=O) groups excluding carboxylic acids is 1. The SMILES string of the molecule is CNC(=O)C1CCCN(Cc2cc(C(=O)O)c(C)o2)C1. The van der Waals surface area contributed by atoms with E-state index >= 15 is 0 Å². The number of piperidine rings is 1. The van der Waals surface area contributed by atoms with Crippen LogP contribution in [0.15, 0.2) is 10.5 Å². The molecule has 20 heavy (non-hydrogen) atoms. The van der Waals surface area contributed by atoms with E-state index in [-0.39, 0.29) is 17.4 Å². The molecule has 0 bridgehead atoms. The summed E-state index contributed by atoms with van der Waals surface area (Å²) in [6.45, 7) is 3.77. The topological polar surface area (TPSA) is 82.8 Å². The number of nitrogens with one attached hydrogen (secondary N) is 1. The van der Waals surface area contributed by atoms with Gasteiger partial charge in [0.15, 0.2) is 0 Å². The van der Waals surface area contributed by atoms with Crippen LogP contribution in [-0.2, 0) is 11.3 Å². The minimum atomic E-state index is -0.973. The third-order valence-corrected chi connectivity index (χ3v) is 3.70. The van der Waals surface area contributed by atoms with E-state index < -0.39 is 5.97 Å². The van der Waals surface area contributed by atoms with Crippen molar-refractivity contribution in [3.05, 3.63) is 23.2 Å². The predicted octanol–water partition coefficient (Wildman–Crippen LogP) is 1.24. The maximum atomic E-state index is 11.7. The summed E-state index contributed by atoms with van der Waals surface area (Å²) in [4.78, 5) is 24.8. The molecular formula is C14H20N2O4. The Morgan fingerprint density at radius 3 is 2.90 bits per heavy atom. The molecule has 1 unspecified atom stereocenters. The van der Waals surface area contributed by atoms with Gasteiger partial charge in [0.05, 0.1) is 12.5 Å². The number of hydrogen-bond acceptors (Lipinski definition) is 4. The molecule has 6 nitrogen and oxygen atoms in total. The molecule has 1 fully saturated rings. The first-order valence-corrected chi connectivity index (χ1v) is 6.77. The average Bonchev–Trinajstić information content (AvgIpc) is 2.79. The monoisotopic (exact) mass is 280 g/mol. The lowest BCUT2D eigenvalue weighted by Gasteiger charge is -2.30. The van der Waals surface area contributed by atoms with Gasteiger partial charge in [-0.05, 0) is 32.4 Å². The highest BCUT2D eigenvalue weighted by molar-refractivity contribution is 5.88. The Hall–Kier alpha value is -1.82. The number of amides is 1. The van der Waals surface area contributed by atoms with Crippen molar-refractivity contribution in [1.29, 1.82) is 0 Å². The van der Waals surface area contributed by atoms with Gasteiger partial charge in [0, 0.05) is 13.6 Å². The summed E-state index contributed by atoms with van der Waals surface area (Å²) in [5.74, 6) is 0.157. The van der Waals surface area contributed by atoms with E-state index in [4.69, 9.17) is 9.52 Å². The van der Waals surface area contributed by atoms with Crippen molar-refractivity contribution in [1.82, 2.24) is 10.2 Å². The lowest BCUT2D eigenvalue weighted by molar-refractivity contribution is -0.126. The van der Waals surface area contributed by atoms with Gasteiger partial charge >= 0.3 is 5.97 Å². The first-order chi connectivity index (χ1) is 9.51. The van der Waals surface area contributed by atoms with Gasteiger partial charge in [-0.15, -0.1) is 0 Å². The van der Waals surface area contributed by atoms with Crippen molar-refractivity contribution in [3.8, 4) is 0 Å². The number of aromatic carboxylic acids is 1. The van der Waals surface area contributed by atoms with Gasteiger partial charge in [-0.25, -0.2) is 4.79 Å². The summed E-state index contributed by atoms with van der Waals surface area (Å²) >= 11 is 0. The van der Waals surface area contributed by atoms with Gasteiger partial charge in [0.25, 0.3) is 0 Å². The lowest BCUT2D eigenvalue weighted by atomic mass is 9.97. The molecule has 2 N–H and O–H groups in total. The van der Waals surface area contributed by atoms with Gasteiger partial charge in [-0.1, -0.05) is 0 Å². The molecule has 1 aromatic rings. The summed E-state index contributed by atoms with van der Waals surface area (Å²) in [6, 6.07) is 1.57. The number of carboxylic acids is 1. The second-order valence-corrected chi connectivity index (χ2v) is 5.18. The normalized spacial score (nSPS) is 19.8. The third-order valence-electron chi connectivity index (χ3n) is 3.70. The van der Waals surface area contributed by atoms with E-state index in [2.05, 4.69) is 10.2 Å². The smallest absolute Gasteiger partial charge is 0.339 e. The number of likely N-dealkylation sites (tertiary alicyclic amines) is 1. The Morgan fingerprint density at radius 1 is 1.55 bits per heavy atom. The van der Waals surface area contributed by atoms with Crippen molar-refractivity contribution >= 4 is 11.9 Å². The summed E-state index contributed by atoms with van der Waals surface area (Å²) < 4.78 is 5.48. The predicted molar refractivity (Wildman–Crippen MR) is 72.5 cm³/mol. The molecule has 0 spiro atoms. The van der Waals surface area contributed by atoms with Gasteiger partial charge in [0.2, 0.25) is 5.91 Å². The molecule has 1 atom stereocenters. The minimum absolute atomic E-state index is 0.00348. The highest BCUT2D eigenvalue weighted by atomic mass is 16.4. The van der Waals surface area contributed by atoms with E-state index in [1.165, 1.54) is 0 Å². The Bertz CT molecular complexity index is 509. The fraction of sp³-hybridized carbons (Fsp3) is 0.571. The Kier molecular flexibility index (Phi) is 4.44. The van der Waals surface area contributed by atoms with Crippen molar-refractivity contribution in [2.75, 3.05) is 20.1 Å². The van der Waals surface area contributed by atoms with Crippen LogP contribution < -0.4 is 5.32 Å². The van der Waals surface area contributed by atoms with Crippen LogP contribution in [0.4, 0.5) is 0 Å². The molecule has 1 aliphatic rings. The van der Waals surface area contributed by atoms with Crippen LogP contribution in [0.3, 0.4) is 0 Å². The molecule has 1 amide bonds. The number of nitrogens with zero attached hydrogens (tertiary/aromatic N) is 1. The second-order valence-electron chi connectivity index (χ2n) is 5.18. The van der Waals surface area contributed by atoms with Gasteiger partial charge in [0.1, 0.15) is 17.1 Å². The maximum Gasteiger partial charge on any atom is 0.339 e. The van der Waals surface area contributed by atoms with Crippen LogP contribution in [0.1, 0.15) is 34.7 Å². The molecule has 0 aromatic carbocycles. The number of carboxylic acid groups (broad SMARTS) is 1. The third kappa shape index (κ3) is 3.19. The van der Waals surface area contributed by atoms with Gasteiger partial charge < -0.3 is 14.8 Å². The maximum absolute atomic E-state index is 11.7. The fourth-order valence-electron chi connectivity index (χ4n) is 2.67. The van der Waals surface area contributed by atoms with E-state index in [1.807, 2.05) is 0 Å². The van der Waals surface area contributed by atoms with Crippen LogP contribution in [0.5, 0.6) is 0 Å². The lowest BCUT2D eigenvalue weighted by Crippen LogP contribution is -2.41. The van der Waals surface area contributed by atoms with E-state index in [0.717, 1.165) is 19.4 Å². The summed E-state index contributed by atoms with van der Waals surface area (Å²) in [6.07, 6.45) is 1.86. The zero-order valence-corrected chi connectivity index (χ0v) is 11.8. The zero-order valence-electron chi connectivity index (χ0n) is 11.8.